The molecule has 0 aliphatic heterocycles. The molecule has 2 aliphatic carbocycles. The summed E-state index contributed by atoms with van der Waals surface area (Å²) in [5.74, 6) is -0.333. The third-order valence-electron chi connectivity index (χ3n) is 5.29. The summed E-state index contributed by atoms with van der Waals surface area (Å²) in [7, 11) is 0. The van der Waals surface area contributed by atoms with Crippen LogP contribution < -0.4 is 0 Å². The second-order valence-electron chi connectivity index (χ2n) is 7.12. The molecule has 2 saturated carbocycles. The third-order valence-corrected chi connectivity index (χ3v) is 5.72. The molecule has 0 N–H and O–H groups in total. The van der Waals surface area contributed by atoms with Gasteiger partial charge in [-0.1, -0.05) is 0 Å². The normalized spacial score (nSPS) is 25.3. The molecule has 0 bridgehead atoms. The van der Waals surface area contributed by atoms with Crippen LogP contribution in [0.4, 0.5) is 13.2 Å². The second kappa shape index (κ2) is 6.00. The minimum atomic E-state index is -4.04. The van der Waals surface area contributed by atoms with E-state index in [1.165, 1.54) is 5.69 Å². The zero-order valence-electron chi connectivity index (χ0n) is 13.2. The first-order valence-electron chi connectivity index (χ1n) is 8.50. The molecule has 3 nitrogen and oxygen atoms in total. The van der Waals surface area contributed by atoms with Gasteiger partial charge in [0, 0.05) is 23.1 Å². The van der Waals surface area contributed by atoms with Crippen LogP contribution in [0, 0.1) is 11.8 Å². The summed E-state index contributed by atoms with van der Waals surface area (Å²) in [6.45, 7) is 0.713. The van der Waals surface area contributed by atoms with E-state index in [4.69, 9.17) is 5.10 Å². The van der Waals surface area contributed by atoms with E-state index in [-0.39, 0.29) is 18.8 Å². The van der Waals surface area contributed by atoms with Gasteiger partial charge in [-0.05, 0) is 66.4 Å². The van der Waals surface area contributed by atoms with Gasteiger partial charge >= 0.3 is 6.18 Å². The molecule has 0 aromatic carbocycles. The van der Waals surface area contributed by atoms with Gasteiger partial charge in [0.1, 0.15) is 11.0 Å². The molecule has 2 aliphatic rings. The van der Waals surface area contributed by atoms with Gasteiger partial charge in [0.05, 0.1) is 11.6 Å². The van der Waals surface area contributed by atoms with Crippen LogP contribution in [-0.4, -0.2) is 20.9 Å². The maximum atomic E-state index is 12.8. The molecule has 0 atom stereocenters. The number of pyridine rings is 1. The van der Waals surface area contributed by atoms with Crippen molar-refractivity contribution in [1.29, 1.82) is 0 Å². The summed E-state index contributed by atoms with van der Waals surface area (Å²) < 4.78 is 41.4. The SMILES string of the molecule is FC(F)(F)[C@H]1CC[C@H](Cn2nc3cc(Br)cnc3c2C2CC2)CC1. The minimum absolute atomic E-state index is 0.248. The fourth-order valence-corrected chi connectivity index (χ4v) is 4.14. The highest BCUT2D eigenvalue weighted by molar-refractivity contribution is 9.10. The first kappa shape index (κ1) is 16.4. The zero-order valence-corrected chi connectivity index (χ0v) is 14.8. The van der Waals surface area contributed by atoms with E-state index in [2.05, 4.69) is 20.9 Å². The van der Waals surface area contributed by atoms with E-state index in [1.807, 2.05) is 10.7 Å². The molecule has 2 heterocycles. The van der Waals surface area contributed by atoms with Crippen molar-refractivity contribution in [1.82, 2.24) is 14.8 Å². The van der Waals surface area contributed by atoms with Gasteiger partial charge in [-0.2, -0.15) is 18.3 Å². The highest BCUT2D eigenvalue weighted by Crippen LogP contribution is 2.44. The van der Waals surface area contributed by atoms with Crippen molar-refractivity contribution in [2.75, 3.05) is 0 Å². The van der Waals surface area contributed by atoms with Crippen molar-refractivity contribution in [3.05, 3.63) is 22.4 Å². The van der Waals surface area contributed by atoms with Crippen molar-refractivity contribution in [3.8, 4) is 0 Å². The molecule has 130 valence electrons. The lowest BCUT2D eigenvalue weighted by Gasteiger charge is -2.30. The van der Waals surface area contributed by atoms with Gasteiger partial charge in [-0.25, -0.2) is 0 Å². The Hall–Kier alpha value is -1.11. The third kappa shape index (κ3) is 3.19. The lowest BCUT2D eigenvalue weighted by atomic mass is 9.81. The monoisotopic (exact) mass is 401 g/mol. The maximum Gasteiger partial charge on any atom is 0.391 e. The predicted molar refractivity (Wildman–Crippen MR) is 88.7 cm³/mol. The Morgan fingerprint density at radius 1 is 1.12 bits per heavy atom. The lowest BCUT2D eigenvalue weighted by molar-refractivity contribution is -0.184. The Kier molecular flexibility index (Phi) is 4.09. The van der Waals surface area contributed by atoms with Gasteiger partial charge in [0.15, 0.2) is 0 Å². The van der Waals surface area contributed by atoms with Crippen LogP contribution in [-0.2, 0) is 6.54 Å². The molecule has 24 heavy (non-hydrogen) atoms. The number of alkyl halides is 3. The summed E-state index contributed by atoms with van der Waals surface area (Å²) in [5.41, 5.74) is 3.00. The Balaban J connectivity index is 1.54. The average molecular weight is 402 g/mol. The van der Waals surface area contributed by atoms with Crippen molar-refractivity contribution in [2.45, 2.75) is 57.2 Å². The van der Waals surface area contributed by atoms with Gasteiger partial charge in [-0.15, -0.1) is 0 Å². The van der Waals surface area contributed by atoms with Crippen molar-refractivity contribution in [2.24, 2.45) is 11.8 Å². The van der Waals surface area contributed by atoms with Crippen LogP contribution >= 0.6 is 15.9 Å². The topological polar surface area (TPSA) is 30.7 Å². The number of hydrogen-bond acceptors (Lipinski definition) is 2. The molecule has 0 radical (unpaired) electrons. The fraction of sp³-hybridized carbons (Fsp3) is 0.647. The molecular weight excluding hydrogens is 383 g/mol. The van der Waals surface area contributed by atoms with Gasteiger partial charge < -0.3 is 0 Å². The standard InChI is InChI=1S/C17H19BrF3N3/c18-13-7-14-15(22-8-13)16(11-3-4-11)24(23-14)9-10-1-5-12(6-2-10)17(19,20)21/h7-8,10-12H,1-6,9H2/t10-,12-. The molecule has 0 amide bonds. The van der Waals surface area contributed by atoms with E-state index in [9.17, 15) is 13.2 Å². The Morgan fingerprint density at radius 2 is 1.83 bits per heavy atom. The van der Waals surface area contributed by atoms with E-state index in [0.717, 1.165) is 28.3 Å². The molecule has 7 heteroatoms. The van der Waals surface area contributed by atoms with E-state index in [1.54, 1.807) is 6.20 Å². The van der Waals surface area contributed by atoms with Crippen LogP contribution in [0.25, 0.3) is 11.0 Å². The van der Waals surface area contributed by atoms with Gasteiger partial charge in [0.25, 0.3) is 0 Å². The molecule has 0 spiro atoms. The van der Waals surface area contributed by atoms with E-state index in [0.29, 0.717) is 25.3 Å². The molecule has 2 fully saturated rings. The number of aromatic nitrogens is 3. The number of fused-ring (bicyclic) bond motifs is 1. The van der Waals surface area contributed by atoms with E-state index < -0.39 is 12.1 Å². The highest BCUT2D eigenvalue weighted by Gasteiger charge is 2.41. The van der Waals surface area contributed by atoms with Gasteiger partial charge in [0.2, 0.25) is 0 Å². The van der Waals surface area contributed by atoms with Crippen LogP contribution in [0.5, 0.6) is 0 Å². The summed E-state index contributed by atoms with van der Waals surface area (Å²) >= 11 is 3.42. The quantitative estimate of drug-likeness (QED) is 0.685. The summed E-state index contributed by atoms with van der Waals surface area (Å²) in [6, 6.07) is 1.96. The highest BCUT2D eigenvalue weighted by atomic mass is 79.9. The summed E-state index contributed by atoms with van der Waals surface area (Å²) in [6.07, 6.45) is 1.80. The predicted octanol–water partition coefficient (Wildman–Crippen LogP) is 5.44. The first-order valence-corrected chi connectivity index (χ1v) is 9.30. The number of halogens is 4. The molecule has 2 aromatic heterocycles. The molecular formula is C17H19BrF3N3. The zero-order chi connectivity index (χ0) is 16.9. The van der Waals surface area contributed by atoms with Crippen LogP contribution in [0.3, 0.4) is 0 Å². The fourth-order valence-electron chi connectivity index (χ4n) is 3.83. The summed E-state index contributed by atoms with van der Waals surface area (Å²) in [4.78, 5) is 4.52. The van der Waals surface area contributed by atoms with Crippen molar-refractivity contribution in [3.63, 3.8) is 0 Å². The summed E-state index contributed by atoms with van der Waals surface area (Å²) in [5, 5.41) is 4.70. The number of rotatable bonds is 3. The smallest absolute Gasteiger partial charge is 0.266 e. The largest absolute Gasteiger partial charge is 0.391 e. The second-order valence-corrected chi connectivity index (χ2v) is 8.04. The Morgan fingerprint density at radius 3 is 2.46 bits per heavy atom. The maximum absolute atomic E-state index is 12.8. The van der Waals surface area contributed by atoms with E-state index >= 15 is 0 Å². The number of nitrogens with zero attached hydrogens (tertiary/aromatic N) is 3. The van der Waals surface area contributed by atoms with Gasteiger partial charge in [-0.3, -0.25) is 9.67 Å². The Bertz CT molecular complexity index is 743. The first-order chi connectivity index (χ1) is 11.4. The molecule has 0 saturated heterocycles. The van der Waals surface area contributed by atoms with Crippen molar-refractivity contribution >= 4 is 27.0 Å². The molecule has 2 aromatic rings. The van der Waals surface area contributed by atoms with Crippen LogP contribution in [0.2, 0.25) is 0 Å². The molecule has 4 rings (SSSR count). The van der Waals surface area contributed by atoms with Crippen LogP contribution in [0.1, 0.15) is 50.1 Å². The average Bonchev–Trinajstić information content (AvgIpc) is 3.29. The van der Waals surface area contributed by atoms with Crippen molar-refractivity contribution < 1.29 is 13.2 Å². The number of hydrogen-bond donors (Lipinski definition) is 0. The molecule has 0 unspecified atom stereocenters. The lowest BCUT2D eigenvalue weighted by Crippen LogP contribution is -2.29. The van der Waals surface area contributed by atoms with Crippen LogP contribution in [0.15, 0.2) is 16.7 Å². The minimum Gasteiger partial charge on any atom is -0.266 e. The Labute approximate surface area is 146 Å².